The molecule has 19 heavy (non-hydrogen) atoms. The van der Waals surface area contributed by atoms with Gasteiger partial charge in [0, 0.05) is 12.5 Å². The molecule has 0 aliphatic carbocycles. The smallest absolute Gasteiger partial charge is 0.0912 e. The Balaban J connectivity index is 1.99. The molecular formula is C15H19N3O. The second-order valence-corrected chi connectivity index (χ2v) is 5.32. The molecular weight excluding hydrogens is 238 g/mol. The standard InChI is InChI=1S/C15H19N3O/c1-10-5-11(2)7-13(6-10)18-8-14(16)15(17-18)12-3-4-19-9-12/h5-8,12H,3-4,9,16H2,1-2H3. The molecule has 1 aromatic carbocycles. The van der Waals surface area contributed by atoms with Crippen LogP contribution in [0.3, 0.4) is 0 Å². The SMILES string of the molecule is Cc1cc(C)cc(-n2cc(N)c(C3CCOC3)n2)c1. The largest absolute Gasteiger partial charge is 0.396 e. The average molecular weight is 257 g/mol. The highest BCUT2D eigenvalue weighted by atomic mass is 16.5. The van der Waals surface area contributed by atoms with Crippen LogP contribution in [0.15, 0.2) is 24.4 Å². The lowest BCUT2D eigenvalue weighted by molar-refractivity contribution is 0.193. The van der Waals surface area contributed by atoms with E-state index >= 15 is 0 Å². The van der Waals surface area contributed by atoms with Crippen LogP contribution in [0.2, 0.25) is 0 Å². The highest BCUT2D eigenvalue weighted by Gasteiger charge is 2.23. The van der Waals surface area contributed by atoms with E-state index in [1.807, 2.05) is 10.9 Å². The van der Waals surface area contributed by atoms with Crippen molar-refractivity contribution in [3.8, 4) is 5.69 Å². The molecule has 1 saturated heterocycles. The van der Waals surface area contributed by atoms with Crippen molar-refractivity contribution in [3.05, 3.63) is 41.2 Å². The van der Waals surface area contributed by atoms with Gasteiger partial charge in [-0.1, -0.05) is 6.07 Å². The van der Waals surface area contributed by atoms with Gasteiger partial charge in [0.15, 0.2) is 0 Å². The van der Waals surface area contributed by atoms with E-state index in [9.17, 15) is 0 Å². The first-order valence-electron chi connectivity index (χ1n) is 6.65. The maximum Gasteiger partial charge on any atom is 0.0912 e. The number of nitrogens with zero attached hydrogens (tertiary/aromatic N) is 2. The summed E-state index contributed by atoms with van der Waals surface area (Å²) in [4.78, 5) is 0. The van der Waals surface area contributed by atoms with Gasteiger partial charge in [-0.25, -0.2) is 4.68 Å². The molecule has 1 aliphatic heterocycles. The molecule has 1 fully saturated rings. The van der Waals surface area contributed by atoms with Gasteiger partial charge in [-0.2, -0.15) is 5.10 Å². The van der Waals surface area contributed by atoms with Crippen molar-refractivity contribution in [1.82, 2.24) is 9.78 Å². The van der Waals surface area contributed by atoms with Crippen LogP contribution >= 0.6 is 0 Å². The zero-order chi connectivity index (χ0) is 13.4. The van der Waals surface area contributed by atoms with Crippen LogP contribution in [0, 0.1) is 13.8 Å². The summed E-state index contributed by atoms with van der Waals surface area (Å²) in [5, 5.41) is 4.66. The van der Waals surface area contributed by atoms with Gasteiger partial charge in [0.2, 0.25) is 0 Å². The monoisotopic (exact) mass is 257 g/mol. The summed E-state index contributed by atoms with van der Waals surface area (Å²) >= 11 is 0. The van der Waals surface area contributed by atoms with Crippen LogP contribution in [-0.4, -0.2) is 23.0 Å². The molecule has 0 saturated carbocycles. The third kappa shape index (κ3) is 2.36. The van der Waals surface area contributed by atoms with E-state index in [4.69, 9.17) is 10.5 Å². The number of anilines is 1. The Hall–Kier alpha value is -1.81. The fourth-order valence-corrected chi connectivity index (χ4v) is 2.68. The molecule has 0 radical (unpaired) electrons. The van der Waals surface area contributed by atoms with E-state index in [0.29, 0.717) is 5.92 Å². The summed E-state index contributed by atoms with van der Waals surface area (Å²) in [6.45, 7) is 5.72. The summed E-state index contributed by atoms with van der Waals surface area (Å²) in [5.41, 5.74) is 11.4. The first kappa shape index (κ1) is 12.2. The number of hydrogen-bond acceptors (Lipinski definition) is 3. The van der Waals surface area contributed by atoms with Crippen molar-refractivity contribution in [3.63, 3.8) is 0 Å². The molecule has 1 atom stereocenters. The Labute approximate surface area is 113 Å². The molecule has 2 heterocycles. The topological polar surface area (TPSA) is 53.1 Å². The second kappa shape index (κ2) is 4.70. The molecule has 1 unspecified atom stereocenters. The third-order valence-corrected chi connectivity index (χ3v) is 3.56. The van der Waals surface area contributed by atoms with Gasteiger partial charge in [0.25, 0.3) is 0 Å². The summed E-state index contributed by atoms with van der Waals surface area (Å²) in [6.07, 6.45) is 2.91. The minimum atomic E-state index is 0.340. The summed E-state index contributed by atoms with van der Waals surface area (Å²) in [7, 11) is 0. The lowest BCUT2D eigenvalue weighted by Crippen LogP contribution is -2.03. The van der Waals surface area contributed by atoms with Gasteiger partial charge in [0.05, 0.1) is 29.9 Å². The molecule has 4 nitrogen and oxygen atoms in total. The van der Waals surface area contributed by atoms with Gasteiger partial charge >= 0.3 is 0 Å². The van der Waals surface area contributed by atoms with E-state index in [1.54, 1.807) is 0 Å². The van der Waals surface area contributed by atoms with Crippen LogP contribution in [0.1, 0.15) is 29.2 Å². The number of hydrogen-bond donors (Lipinski definition) is 1. The number of aromatic nitrogens is 2. The second-order valence-electron chi connectivity index (χ2n) is 5.32. The lowest BCUT2D eigenvalue weighted by atomic mass is 10.0. The van der Waals surface area contributed by atoms with Crippen molar-refractivity contribution in [2.24, 2.45) is 0 Å². The number of ether oxygens (including phenoxy) is 1. The van der Waals surface area contributed by atoms with Gasteiger partial charge in [-0.05, 0) is 43.5 Å². The van der Waals surface area contributed by atoms with Crippen molar-refractivity contribution in [2.45, 2.75) is 26.2 Å². The van der Waals surface area contributed by atoms with E-state index in [-0.39, 0.29) is 0 Å². The number of nitrogen functional groups attached to an aromatic ring is 1. The van der Waals surface area contributed by atoms with Crippen molar-refractivity contribution >= 4 is 5.69 Å². The van der Waals surface area contributed by atoms with E-state index in [2.05, 4.69) is 37.1 Å². The van der Waals surface area contributed by atoms with Crippen LogP contribution in [0.5, 0.6) is 0 Å². The average Bonchev–Trinajstić information content (AvgIpc) is 2.96. The quantitative estimate of drug-likeness (QED) is 0.899. The maximum atomic E-state index is 6.10. The third-order valence-electron chi connectivity index (χ3n) is 3.56. The predicted octanol–water partition coefficient (Wildman–Crippen LogP) is 2.58. The van der Waals surface area contributed by atoms with Gasteiger partial charge < -0.3 is 10.5 Å². The van der Waals surface area contributed by atoms with Crippen molar-refractivity contribution in [2.75, 3.05) is 18.9 Å². The van der Waals surface area contributed by atoms with E-state index in [1.165, 1.54) is 11.1 Å². The fraction of sp³-hybridized carbons (Fsp3) is 0.400. The molecule has 0 bridgehead atoms. The molecule has 2 N–H and O–H groups in total. The molecule has 3 rings (SSSR count). The molecule has 4 heteroatoms. The number of nitrogens with two attached hydrogens (primary N) is 1. The van der Waals surface area contributed by atoms with Crippen molar-refractivity contribution < 1.29 is 4.74 Å². The van der Waals surface area contributed by atoms with Gasteiger partial charge in [0.1, 0.15) is 0 Å². The number of rotatable bonds is 2. The summed E-state index contributed by atoms with van der Waals surface area (Å²) in [6, 6.07) is 6.39. The van der Waals surface area contributed by atoms with Gasteiger partial charge in [-0.3, -0.25) is 0 Å². The summed E-state index contributed by atoms with van der Waals surface area (Å²) in [5.74, 6) is 0.340. The molecule has 0 amide bonds. The molecule has 100 valence electrons. The van der Waals surface area contributed by atoms with Crippen LogP contribution in [0.25, 0.3) is 5.69 Å². The number of aryl methyl sites for hydroxylation is 2. The Morgan fingerprint density at radius 2 is 2.00 bits per heavy atom. The Bertz CT molecular complexity index is 577. The van der Waals surface area contributed by atoms with Crippen LogP contribution in [-0.2, 0) is 4.74 Å². The predicted molar refractivity (Wildman–Crippen MR) is 75.6 cm³/mol. The zero-order valence-electron chi connectivity index (χ0n) is 11.4. The first-order chi connectivity index (χ1) is 9.13. The first-order valence-corrected chi connectivity index (χ1v) is 6.65. The minimum absolute atomic E-state index is 0.340. The minimum Gasteiger partial charge on any atom is -0.396 e. The lowest BCUT2D eigenvalue weighted by Gasteiger charge is -2.06. The summed E-state index contributed by atoms with van der Waals surface area (Å²) < 4.78 is 7.29. The maximum absolute atomic E-state index is 6.10. The molecule has 2 aromatic rings. The van der Waals surface area contributed by atoms with Gasteiger partial charge in [-0.15, -0.1) is 0 Å². The zero-order valence-corrected chi connectivity index (χ0v) is 11.4. The van der Waals surface area contributed by atoms with Crippen LogP contribution in [0.4, 0.5) is 5.69 Å². The molecule has 1 aromatic heterocycles. The normalized spacial score (nSPS) is 18.9. The Kier molecular flexibility index (Phi) is 3.03. The highest BCUT2D eigenvalue weighted by Crippen LogP contribution is 2.29. The van der Waals surface area contributed by atoms with Crippen LogP contribution < -0.4 is 5.73 Å². The van der Waals surface area contributed by atoms with Crippen molar-refractivity contribution in [1.29, 1.82) is 0 Å². The molecule has 1 aliphatic rings. The van der Waals surface area contributed by atoms with E-state index in [0.717, 1.165) is 36.7 Å². The fourth-order valence-electron chi connectivity index (χ4n) is 2.68. The Morgan fingerprint density at radius 1 is 1.26 bits per heavy atom. The highest BCUT2D eigenvalue weighted by molar-refractivity contribution is 5.47. The Morgan fingerprint density at radius 3 is 2.63 bits per heavy atom. The molecule has 0 spiro atoms. The van der Waals surface area contributed by atoms with E-state index < -0.39 is 0 Å². The number of benzene rings is 1.